The third-order valence-electron chi connectivity index (χ3n) is 6.38. The summed E-state index contributed by atoms with van der Waals surface area (Å²) in [4.78, 5) is 20.0. The molecule has 1 aromatic heterocycles. The van der Waals surface area contributed by atoms with Gasteiger partial charge in [-0.25, -0.2) is 9.67 Å². The fraction of sp³-hybridized carbons (Fsp3) is 0.571. The van der Waals surface area contributed by atoms with Crippen LogP contribution in [0.3, 0.4) is 0 Å². The molecule has 6 heteroatoms. The van der Waals surface area contributed by atoms with Gasteiger partial charge in [0.15, 0.2) is 0 Å². The number of benzene rings is 1. The van der Waals surface area contributed by atoms with Gasteiger partial charge in [0.2, 0.25) is 5.82 Å². The molecule has 0 bridgehead atoms. The zero-order chi connectivity index (χ0) is 18.3. The monoisotopic (exact) mass is 365 g/mol. The summed E-state index contributed by atoms with van der Waals surface area (Å²) in [6.45, 7) is 3.81. The Hall–Kier alpha value is -2.21. The number of rotatable bonds is 3. The SMILES string of the molecule is O=C(c1nc(C2CC2)n(-c2ccccc2)n1)N1CCCC2(CCNCC2)C1. The molecule has 5 rings (SSSR count). The van der Waals surface area contributed by atoms with Crippen molar-refractivity contribution in [2.75, 3.05) is 26.2 Å². The standard InChI is InChI=1S/C21H27N5O/c27-20(25-14-4-9-21(15-25)10-12-22-13-11-21)18-23-19(16-7-8-16)26(24-18)17-5-2-1-3-6-17/h1-3,5-6,16,22H,4,7-15H2. The largest absolute Gasteiger partial charge is 0.335 e. The molecule has 3 fully saturated rings. The van der Waals surface area contributed by atoms with Gasteiger partial charge in [0.05, 0.1) is 5.69 Å². The van der Waals surface area contributed by atoms with Crippen LogP contribution in [0.15, 0.2) is 30.3 Å². The van der Waals surface area contributed by atoms with Crippen molar-refractivity contribution in [2.24, 2.45) is 5.41 Å². The summed E-state index contributed by atoms with van der Waals surface area (Å²) in [5, 5.41) is 8.10. The second-order valence-electron chi connectivity index (χ2n) is 8.40. The maximum Gasteiger partial charge on any atom is 0.293 e. The molecule has 3 heterocycles. The van der Waals surface area contributed by atoms with Gasteiger partial charge < -0.3 is 10.2 Å². The van der Waals surface area contributed by atoms with Gasteiger partial charge in [-0.2, -0.15) is 0 Å². The highest BCUT2D eigenvalue weighted by atomic mass is 16.2. The molecule has 1 saturated carbocycles. The van der Waals surface area contributed by atoms with Crippen LogP contribution in [0.2, 0.25) is 0 Å². The molecule has 142 valence electrons. The normalized spacial score (nSPS) is 22.1. The van der Waals surface area contributed by atoms with Crippen molar-refractivity contribution >= 4 is 5.91 Å². The first kappa shape index (κ1) is 16.9. The molecule has 2 aromatic rings. The van der Waals surface area contributed by atoms with Gasteiger partial charge in [-0.05, 0) is 69.2 Å². The number of hydrogen-bond acceptors (Lipinski definition) is 4. The first-order chi connectivity index (χ1) is 13.2. The van der Waals surface area contributed by atoms with E-state index in [1.807, 2.05) is 39.9 Å². The molecule has 1 aromatic carbocycles. The Morgan fingerprint density at radius 3 is 2.63 bits per heavy atom. The zero-order valence-electron chi connectivity index (χ0n) is 15.7. The molecule has 0 atom stereocenters. The van der Waals surface area contributed by atoms with E-state index < -0.39 is 0 Å². The molecule has 1 aliphatic carbocycles. The van der Waals surface area contributed by atoms with E-state index in [2.05, 4.69) is 10.4 Å². The first-order valence-electron chi connectivity index (χ1n) is 10.3. The summed E-state index contributed by atoms with van der Waals surface area (Å²) in [6.07, 6.45) is 6.92. The molecule has 0 radical (unpaired) electrons. The predicted molar refractivity (Wildman–Crippen MR) is 103 cm³/mol. The van der Waals surface area contributed by atoms with Gasteiger partial charge in [-0.3, -0.25) is 4.79 Å². The maximum atomic E-state index is 13.2. The number of nitrogens with one attached hydrogen (secondary N) is 1. The Balaban J connectivity index is 1.42. The molecule has 2 aliphatic heterocycles. The van der Waals surface area contributed by atoms with Crippen LogP contribution in [0.5, 0.6) is 0 Å². The van der Waals surface area contributed by atoms with E-state index in [9.17, 15) is 4.79 Å². The van der Waals surface area contributed by atoms with E-state index in [-0.39, 0.29) is 5.91 Å². The summed E-state index contributed by atoms with van der Waals surface area (Å²) in [5.74, 6) is 1.76. The van der Waals surface area contributed by atoms with Crippen LogP contribution in [0, 0.1) is 5.41 Å². The van der Waals surface area contributed by atoms with E-state index in [1.54, 1.807) is 0 Å². The Bertz CT molecular complexity index is 815. The van der Waals surface area contributed by atoms with Crippen molar-refractivity contribution in [1.29, 1.82) is 0 Å². The Labute approximate surface area is 160 Å². The number of carbonyl (C=O) groups excluding carboxylic acids is 1. The van der Waals surface area contributed by atoms with E-state index in [1.165, 1.54) is 6.42 Å². The van der Waals surface area contributed by atoms with Crippen LogP contribution in [-0.2, 0) is 0 Å². The number of likely N-dealkylation sites (tertiary alicyclic amines) is 1. The lowest BCUT2D eigenvalue weighted by atomic mass is 9.73. The van der Waals surface area contributed by atoms with Crippen molar-refractivity contribution in [3.05, 3.63) is 42.0 Å². The number of carbonyl (C=O) groups is 1. The molecule has 1 spiro atoms. The molecular weight excluding hydrogens is 338 g/mol. The Morgan fingerprint density at radius 1 is 1.11 bits per heavy atom. The fourth-order valence-electron chi connectivity index (χ4n) is 4.67. The lowest BCUT2D eigenvalue weighted by molar-refractivity contribution is 0.0401. The summed E-state index contributed by atoms with van der Waals surface area (Å²) in [7, 11) is 0. The highest BCUT2D eigenvalue weighted by molar-refractivity contribution is 5.90. The van der Waals surface area contributed by atoms with Crippen molar-refractivity contribution < 1.29 is 4.79 Å². The first-order valence-corrected chi connectivity index (χ1v) is 10.3. The number of amides is 1. The van der Waals surface area contributed by atoms with E-state index in [0.29, 0.717) is 17.2 Å². The number of nitrogens with zero attached hydrogens (tertiary/aromatic N) is 4. The minimum atomic E-state index is 0.00388. The van der Waals surface area contributed by atoms with Crippen molar-refractivity contribution in [2.45, 2.75) is 44.4 Å². The van der Waals surface area contributed by atoms with Crippen LogP contribution in [0.25, 0.3) is 5.69 Å². The van der Waals surface area contributed by atoms with E-state index in [0.717, 1.165) is 69.8 Å². The van der Waals surface area contributed by atoms with E-state index >= 15 is 0 Å². The van der Waals surface area contributed by atoms with Gasteiger partial charge in [0.25, 0.3) is 5.91 Å². The number of piperidine rings is 2. The lowest BCUT2D eigenvalue weighted by Crippen LogP contribution is -2.50. The molecule has 1 N–H and O–H groups in total. The van der Waals surface area contributed by atoms with E-state index in [4.69, 9.17) is 4.98 Å². The van der Waals surface area contributed by atoms with Crippen LogP contribution in [-0.4, -0.2) is 51.8 Å². The van der Waals surface area contributed by atoms with Crippen molar-refractivity contribution in [3.8, 4) is 5.69 Å². The van der Waals surface area contributed by atoms with Crippen molar-refractivity contribution in [1.82, 2.24) is 25.0 Å². The molecule has 3 aliphatic rings. The minimum Gasteiger partial charge on any atom is -0.335 e. The van der Waals surface area contributed by atoms with Crippen molar-refractivity contribution in [3.63, 3.8) is 0 Å². The van der Waals surface area contributed by atoms with Crippen LogP contribution in [0.1, 0.15) is 60.9 Å². The van der Waals surface area contributed by atoms with Crippen LogP contribution < -0.4 is 5.32 Å². The number of hydrogen-bond donors (Lipinski definition) is 1. The third kappa shape index (κ3) is 3.27. The number of para-hydroxylation sites is 1. The Morgan fingerprint density at radius 2 is 1.89 bits per heavy atom. The summed E-state index contributed by atoms with van der Waals surface area (Å²) < 4.78 is 1.88. The molecule has 0 unspecified atom stereocenters. The predicted octanol–water partition coefficient (Wildman–Crippen LogP) is 2.75. The van der Waals surface area contributed by atoms with Gasteiger partial charge in [-0.15, -0.1) is 5.10 Å². The van der Waals surface area contributed by atoms with Gasteiger partial charge in [0, 0.05) is 19.0 Å². The average molecular weight is 365 g/mol. The molecule has 27 heavy (non-hydrogen) atoms. The molecule has 2 saturated heterocycles. The van der Waals surface area contributed by atoms with Gasteiger partial charge in [-0.1, -0.05) is 18.2 Å². The number of aromatic nitrogens is 3. The summed E-state index contributed by atoms with van der Waals surface area (Å²) >= 11 is 0. The van der Waals surface area contributed by atoms with Gasteiger partial charge in [0.1, 0.15) is 5.82 Å². The fourth-order valence-corrected chi connectivity index (χ4v) is 4.67. The second kappa shape index (κ2) is 6.75. The highest BCUT2D eigenvalue weighted by Crippen LogP contribution is 2.40. The third-order valence-corrected chi connectivity index (χ3v) is 6.38. The molecular formula is C21H27N5O. The summed E-state index contributed by atoms with van der Waals surface area (Å²) in [6, 6.07) is 10.1. The topological polar surface area (TPSA) is 63.1 Å². The maximum absolute atomic E-state index is 13.2. The summed E-state index contributed by atoms with van der Waals surface area (Å²) in [5.41, 5.74) is 1.28. The average Bonchev–Trinajstić information content (AvgIpc) is 3.47. The lowest BCUT2D eigenvalue weighted by Gasteiger charge is -2.45. The van der Waals surface area contributed by atoms with Crippen LogP contribution in [0.4, 0.5) is 0 Å². The smallest absolute Gasteiger partial charge is 0.293 e. The quantitative estimate of drug-likeness (QED) is 0.908. The Kier molecular flexibility index (Phi) is 4.23. The van der Waals surface area contributed by atoms with Gasteiger partial charge >= 0.3 is 0 Å². The second-order valence-corrected chi connectivity index (χ2v) is 8.40. The minimum absolute atomic E-state index is 0.00388. The van der Waals surface area contributed by atoms with Crippen LogP contribution >= 0.6 is 0 Å². The zero-order valence-corrected chi connectivity index (χ0v) is 15.7. The highest BCUT2D eigenvalue weighted by Gasteiger charge is 2.39. The molecule has 6 nitrogen and oxygen atoms in total. The molecule has 1 amide bonds.